The van der Waals surface area contributed by atoms with Crippen LogP contribution in [0.15, 0.2) is 36.4 Å². The molecule has 100 valence electrons. The quantitative estimate of drug-likeness (QED) is 0.880. The van der Waals surface area contributed by atoms with E-state index in [0.29, 0.717) is 13.1 Å². The van der Waals surface area contributed by atoms with E-state index in [4.69, 9.17) is 5.73 Å². The summed E-state index contributed by atoms with van der Waals surface area (Å²) in [6.07, 6.45) is 0.971. The average Bonchev–Trinajstić information content (AvgIpc) is 2.94. The minimum absolute atomic E-state index is 0.00685. The summed E-state index contributed by atoms with van der Waals surface area (Å²) >= 11 is 1.55. The van der Waals surface area contributed by atoms with Crippen LogP contribution in [-0.2, 0) is 19.5 Å². The molecule has 1 aromatic carbocycles. The summed E-state index contributed by atoms with van der Waals surface area (Å²) in [4.78, 5) is 14.0. The number of hydrogen-bond donors (Lipinski definition) is 2. The van der Waals surface area contributed by atoms with Crippen molar-refractivity contribution in [3.8, 4) is 0 Å². The van der Waals surface area contributed by atoms with Gasteiger partial charge in [-0.15, -0.1) is 11.3 Å². The van der Waals surface area contributed by atoms with Gasteiger partial charge in [-0.1, -0.05) is 31.2 Å². The molecule has 0 aliphatic carbocycles. The highest BCUT2D eigenvalue weighted by molar-refractivity contribution is 7.14. The molecule has 0 aliphatic heterocycles. The molecule has 1 aromatic heterocycles. The lowest BCUT2D eigenvalue weighted by Gasteiger charge is -2.04. The number of carbonyl (C=O) groups excluding carboxylic acids is 1. The molecule has 2 aromatic rings. The maximum Gasteiger partial charge on any atom is 0.261 e. The summed E-state index contributed by atoms with van der Waals surface area (Å²) in [6.45, 7) is 3.18. The Hall–Kier alpha value is -1.65. The number of benzene rings is 1. The summed E-state index contributed by atoms with van der Waals surface area (Å²) in [5.74, 6) is -0.00685. The number of amides is 1. The van der Waals surface area contributed by atoms with Crippen molar-refractivity contribution < 1.29 is 4.79 Å². The Morgan fingerprint density at radius 1 is 1.16 bits per heavy atom. The highest BCUT2D eigenvalue weighted by atomic mass is 32.1. The second-order valence-corrected chi connectivity index (χ2v) is 5.49. The van der Waals surface area contributed by atoms with Crippen LogP contribution in [0.1, 0.15) is 32.6 Å². The molecule has 0 radical (unpaired) electrons. The van der Waals surface area contributed by atoms with Gasteiger partial charge in [0.2, 0.25) is 0 Å². The first-order chi connectivity index (χ1) is 9.22. The zero-order chi connectivity index (χ0) is 13.7. The van der Waals surface area contributed by atoms with Crippen LogP contribution in [0.25, 0.3) is 0 Å². The van der Waals surface area contributed by atoms with E-state index >= 15 is 0 Å². The van der Waals surface area contributed by atoms with Crippen LogP contribution in [-0.4, -0.2) is 5.91 Å². The molecule has 0 unspecified atom stereocenters. The molecule has 0 saturated heterocycles. The zero-order valence-corrected chi connectivity index (χ0v) is 11.8. The van der Waals surface area contributed by atoms with Crippen LogP contribution >= 0.6 is 11.3 Å². The number of aryl methyl sites for hydroxylation is 1. The van der Waals surface area contributed by atoms with E-state index in [1.165, 1.54) is 4.88 Å². The van der Waals surface area contributed by atoms with Crippen molar-refractivity contribution in [1.29, 1.82) is 0 Å². The second kappa shape index (κ2) is 6.50. The van der Waals surface area contributed by atoms with E-state index in [0.717, 1.165) is 22.4 Å². The molecule has 0 saturated carbocycles. The fraction of sp³-hybridized carbons (Fsp3) is 0.267. The van der Waals surface area contributed by atoms with Gasteiger partial charge in [-0.05, 0) is 29.7 Å². The normalized spacial score (nSPS) is 10.4. The maximum absolute atomic E-state index is 11.9. The van der Waals surface area contributed by atoms with Crippen molar-refractivity contribution >= 4 is 17.2 Å². The number of nitrogens with two attached hydrogens (primary N) is 1. The topological polar surface area (TPSA) is 55.1 Å². The van der Waals surface area contributed by atoms with Gasteiger partial charge in [0.25, 0.3) is 5.91 Å². The van der Waals surface area contributed by atoms with Gasteiger partial charge in [-0.25, -0.2) is 0 Å². The lowest BCUT2D eigenvalue weighted by molar-refractivity contribution is 0.0955. The largest absolute Gasteiger partial charge is 0.347 e. The van der Waals surface area contributed by atoms with Gasteiger partial charge >= 0.3 is 0 Å². The molecule has 0 aliphatic rings. The standard InChI is InChI=1S/C15H18N2OS/c1-2-13-7-8-14(19-13)15(18)17-10-12-5-3-11(9-16)4-6-12/h3-8H,2,9-10,16H2,1H3,(H,17,18). The molecule has 0 atom stereocenters. The predicted molar refractivity (Wildman–Crippen MR) is 79.2 cm³/mol. The predicted octanol–water partition coefficient (Wildman–Crippen LogP) is 2.70. The lowest BCUT2D eigenvalue weighted by atomic mass is 10.1. The van der Waals surface area contributed by atoms with Crippen LogP contribution in [0.4, 0.5) is 0 Å². The van der Waals surface area contributed by atoms with Crippen LogP contribution in [0.2, 0.25) is 0 Å². The Morgan fingerprint density at radius 2 is 1.84 bits per heavy atom. The average molecular weight is 274 g/mol. The van der Waals surface area contributed by atoms with Gasteiger partial charge in [0.05, 0.1) is 4.88 Å². The summed E-state index contributed by atoms with van der Waals surface area (Å²) in [7, 11) is 0. The molecule has 0 fully saturated rings. The van der Waals surface area contributed by atoms with Gasteiger partial charge < -0.3 is 11.1 Å². The van der Waals surface area contributed by atoms with Crippen LogP contribution in [0.3, 0.4) is 0 Å². The molecule has 4 heteroatoms. The Kier molecular flexibility index (Phi) is 4.71. The summed E-state index contributed by atoms with van der Waals surface area (Å²) in [5.41, 5.74) is 7.72. The number of rotatable bonds is 5. The highest BCUT2D eigenvalue weighted by Crippen LogP contribution is 2.16. The summed E-state index contributed by atoms with van der Waals surface area (Å²) < 4.78 is 0. The van der Waals surface area contributed by atoms with Gasteiger partial charge in [0.1, 0.15) is 0 Å². The van der Waals surface area contributed by atoms with Crippen LogP contribution in [0, 0.1) is 0 Å². The first-order valence-electron chi connectivity index (χ1n) is 6.37. The third-order valence-electron chi connectivity index (χ3n) is 2.95. The third-order valence-corrected chi connectivity index (χ3v) is 4.17. The van der Waals surface area contributed by atoms with Crippen molar-refractivity contribution in [2.75, 3.05) is 0 Å². The van der Waals surface area contributed by atoms with E-state index in [2.05, 4.69) is 12.2 Å². The van der Waals surface area contributed by atoms with E-state index < -0.39 is 0 Å². The fourth-order valence-electron chi connectivity index (χ4n) is 1.75. The molecule has 2 rings (SSSR count). The van der Waals surface area contributed by atoms with E-state index in [-0.39, 0.29) is 5.91 Å². The molecule has 1 heterocycles. The summed E-state index contributed by atoms with van der Waals surface area (Å²) in [5, 5.41) is 2.93. The van der Waals surface area contributed by atoms with Crippen LogP contribution < -0.4 is 11.1 Å². The molecule has 19 heavy (non-hydrogen) atoms. The highest BCUT2D eigenvalue weighted by Gasteiger charge is 2.08. The molecule has 0 spiro atoms. The van der Waals surface area contributed by atoms with E-state index in [1.54, 1.807) is 11.3 Å². The van der Waals surface area contributed by atoms with E-state index in [9.17, 15) is 4.79 Å². The first-order valence-corrected chi connectivity index (χ1v) is 7.19. The van der Waals surface area contributed by atoms with Crippen molar-refractivity contribution in [3.63, 3.8) is 0 Å². The Morgan fingerprint density at radius 3 is 2.42 bits per heavy atom. The smallest absolute Gasteiger partial charge is 0.261 e. The molecule has 3 N–H and O–H groups in total. The maximum atomic E-state index is 11.9. The van der Waals surface area contributed by atoms with Crippen molar-refractivity contribution in [1.82, 2.24) is 5.32 Å². The van der Waals surface area contributed by atoms with Crippen molar-refractivity contribution in [2.24, 2.45) is 5.73 Å². The van der Waals surface area contributed by atoms with Gasteiger partial charge in [0, 0.05) is 18.0 Å². The molecule has 0 bridgehead atoms. The number of carbonyl (C=O) groups is 1. The summed E-state index contributed by atoms with van der Waals surface area (Å²) in [6, 6.07) is 11.9. The Labute approximate surface area is 117 Å². The first kappa shape index (κ1) is 13.8. The second-order valence-electron chi connectivity index (χ2n) is 4.32. The lowest BCUT2D eigenvalue weighted by Crippen LogP contribution is -2.21. The van der Waals surface area contributed by atoms with E-state index in [1.807, 2.05) is 36.4 Å². The van der Waals surface area contributed by atoms with Gasteiger partial charge in [0.15, 0.2) is 0 Å². The van der Waals surface area contributed by atoms with Gasteiger partial charge in [-0.2, -0.15) is 0 Å². The fourth-order valence-corrected chi connectivity index (χ4v) is 2.62. The molecule has 3 nitrogen and oxygen atoms in total. The third kappa shape index (κ3) is 3.66. The monoisotopic (exact) mass is 274 g/mol. The number of hydrogen-bond acceptors (Lipinski definition) is 3. The molecule has 1 amide bonds. The minimum Gasteiger partial charge on any atom is -0.347 e. The van der Waals surface area contributed by atoms with Crippen LogP contribution in [0.5, 0.6) is 0 Å². The van der Waals surface area contributed by atoms with Crippen molar-refractivity contribution in [3.05, 3.63) is 57.3 Å². The SMILES string of the molecule is CCc1ccc(C(=O)NCc2ccc(CN)cc2)s1. The number of nitrogens with one attached hydrogen (secondary N) is 1. The Bertz CT molecular complexity index is 546. The molecular formula is C15H18N2OS. The number of thiophene rings is 1. The van der Waals surface area contributed by atoms with Gasteiger partial charge in [-0.3, -0.25) is 4.79 Å². The zero-order valence-electron chi connectivity index (χ0n) is 11.0. The minimum atomic E-state index is -0.00685. The molecular weight excluding hydrogens is 256 g/mol. The Balaban J connectivity index is 1.92. The van der Waals surface area contributed by atoms with Crippen molar-refractivity contribution in [2.45, 2.75) is 26.4 Å².